The van der Waals surface area contributed by atoms with Crippen molar-refractivity contribution in [1.82, 2.24) is 9.88 Å². The van der Waals surface area contributed by atoms with Gasteiger partial charge in [0.15, 0.2) is 10.9 Å². The van der Waals surface area contributed by atoms with Gasteiger partial charge in [-0.25, -0.2) is 4.98 Å². The van der Waals surface area contributed by atoms with Crippen LogP contribution in [0, 0.1) is 0 Å². The van der Waals surface area contributed by atoms with Crippen LogP contribution in [0.25, 0.3) is 11.3 Å². The van der Waals surface area contributed by atoms with E-state index in [0.717, 1.165) is 49.0 Å². The lowest BCUT2D eigenvalue weighted by Gasteiger charge is -2.26. The van der Waals surface area contributed by atoms with E-state index in [-0.39, 0.29) is 24.5 Å². The van der Waals surface area contributed by atoms with E-state index in [1.54, 1.807) is 24.3 Å². The second-order valence-electron chi connectivity index (χ2n) is 7.52. The second kappa shape index (κ2) is 10.8. The standard InChI is InChI=1S/C24H24ClN3O3S/c25-19-8-6-17(7-9-19)20(29)10-11-22(30)26-24-27-23(18-4-2-1-3-5-18)21(32-24)16-28-12-14-31-15-13-28/h1-9H,10-16H2,(H,26,27,30). The van der Waals surface area contributed by atoms with Gasteiger partial charge in [0, 0.05) is 53.5 Å². The predicted octanol–water partition coefficient (Wildman–Crippen LogP) is 4.90. The lowest BCUT2D eigenvalue weighted by atomic mass is 10.1. The minimum absolute atomic E-state index is 0.0889. The average Bonchev–Trinajstić information content (AvgIpc) is 3.21. The van der Waals surface area contributed by atoms with Gasteiger partial charge in [0.2, 0.25) is 5.91 Å². The van der Waals surface area contributed by atoms with Crippen LogP contribution in [0.1, 0.15) is 28.1 Å². The Morgan fingerprint density at radius 3 is 2.47 bits per heavy atom. The molecule has 1 aliphatic rings. The molecular weight excluding hydrogens is 446 g/mol. The Hall–Kier alpha value is -2.58. The third-order valence-electron chi connectivity index (χ3n) is 5.21. The number of anilines is 1. The summed E-state index contributed by atoms with van der Waals surface area (Å²) in [6.45, 7) is 3.97. The fraction of sp³-hybridized carbons (Fsp3) is 0.292. The van der Waals surface area contributed by atoms with E-state index in [9.17, 15) is 9.59 Å². The van der Waals surface area contributed by atoms with Gasteiger partial charge < -0.3 is 10.1 Å². The number of thiazole rings is 1. The van der Waals surface area contributed by atoms with E-state index in [4.69, 9.17) is 21.3 Å². The van der Waals surface area contributed by atoms with Gasteiger partial charge >= 0.3 is 0 Å². The zero-order valence-corrected chi connectivity index (χ0v) is 19.1. The van der Waals surface area contributed by atoms with Gasteiger partial charge in [-0.1, -0.05) is 53.3 Å². The number of rotatable bonds is 8. The fourth-order valence-corrected chi connectivity index (χ4v) is 4.65. The van der Waals surface area contributed by atoms with Crippen LogP contribution in [0.4, 0.5) is 5.13 Å². The van der Waals surface area contributed by atoms with Crippen LogP contribution >= 0.6 is 22.9 Å². The first-order valence-electron chi connectivity index (χ1n) is 10.5. The fourth-order valence-electron chi connectivity index (χ4n) is 3.49. The quantitative estimate of drug-likeness (QED) is 0.475. The van der Waals surface area contributed by atoms with Crippen molar-refractivity contribution in [3.63, 3.8) is 0 Å². The van der Waals surface area contributed by atoms with Crippen LogP contribution in [-0.4, -0.2) is 47.9 Å². The molecule has 0 spiro atoms. The van der Waals surface area contributed by atoms with Crippen molar-refractivity contribution in [3.8, 4) is 11.3 Å². The monoisotopic (exact) mass is 469 g/mol. The third-order valence-corrected chi connectivity index (χ3v) is 6.41. The summed E-state index contributed by atoms with van der Waals surface area (Å²) in [4.78, 5) is 33.0. The maximum atomic E-state index is 12.5. The van der Waals surface area contributed by atoms with Crippen molar-refractivity contribution in [2.24, 2.45) is 0 Å². The van der Waals surface area contributed by atoms with E-state index in [1.807, 2.05) is 30.3 Å². The highest BCUT2D eigenvalue weighted by molar-refractivity contribution is 7.16. The highest BCUT2D eigenvalue weighted by atomic mass is 35.5. The normalized spacial score (nSPS) is 14.3. The minimum atomic E-state index is -0.224. The Bertz CT molecular complexity index is 1060. The van der Waals surface area contributed by atoms with E-state index >= 15 is 0 Å². The van der Waals surface area contributed by atoms with Gasteiger partial charge in [-0.05, 0) is 24.3 Å². The van der Waals surface area contributed by atoms with E-state index < -0.39 is 0 Å². The first-order valence-corrected chi connectivity index (χ1v) is 11.7. The lowest BCUT2D eigenvalue weighted by Crippen LogP contribution is -2.35. The number of ether oxygens (including phenoxy) is 1. The number of benzene rings is 2. The number of hydrogen-bond acceptors (Lipinski definition) is 6. The molecule has 1 aromatic heterocycles. The number of morpholine rings is 1. The summed E-state index contributed by atoms with van der Waals surface area (Å²) < 4.78 is 5.45. The summed E-state index contributed by atoms with van der Waals surface area (Å²) in [5, 5.41) is 4.00. The second-order valence-corrected chi connectivity index (χ2v) is 9.04. The van der Waals surface area contributed by atoms with Crippen LogP contribution in [0.5, 0.6) is 0 Å². The van der Waals surface area contributed by atoms with Crippen molar-refractivity contribution >= 4 is 39.8 Å². The Labute approximate surface area is 196 Å². The maximum absolute atomic E-state index is 12.5. The molecule has 4 rings (SSSR count). The number of amides is 1. The van der Waals surface area contributed by atoms with Gasteiger partial charge in [0.05, 0.1) is 18.9 Å². The molecule has 166 valence electrons. The van der Waals surface area contributed by atoms with Gasteiger partial charge in [0.25, 0.3) is 0 Å². The summed E-state index contributed by atoms with van der Waals surface area (Å²) in [6.07, 6.45) is 0.228. The number of Topliss-reactive ketones (excluding diaryl/α,β-unsaturated/α-hetero) is 1. The Morgan fingerprint density at radius 2 is 1.75 bits per heavy atom. The molecule has 0 aliphatic carbocycles. The number of nitrogens with zero attached hydrogens (tertiary/aromatic N) is 2. The van der Waals surface area contributed by atoms with Crippen molar-refractivity contribution in [3.05, 3.63) is 70.1 Å². The first kappa shape index (κ1) is 22.6. The molecule has 0 saturated carbocycles. The van der Waals surface area contributed by atoms with Crippen LogP contribution in [-0.2, 0) is 16.1 Å². The SMILES string of the molecule is O=C(CCC(=O)c1ccc(Cl)cc1)Nc1nc(-c2ccccc2)c(CN2CCOCC2)s1. The number of halogens is 1. The van der Waals surface area contributed by atoms with Crippen molar-refractivity contribution < 1.29 is 14.3 Å². The van der Waals surface area contributed by atoms with Gasteiger partial charge in [-0.3, -0.25) is 14.5 Å². The Kier molecular flexibility index (Phi) is 7.65. The molecule has 32 heavy (non-hydrogen) atoms. The van der Waals surface area contributed by atoms with Crippen LogP contribution in [0.15, 0.2) is 54.6 Å². The molecule has 1 amide bonds. The summed E-state index contributed by atoms with van der Waals surface area (Å²) in [7, 11) is 0. The van der Waals surface area contributed by atoms with Crippen molar-refractivity contribution in [2.75, 3.05) is 31.6 Å². The molecule has 6 nitrogen and oxygen atoms in total. The number of carbonyl (C=O) groups excluding carboxylic acids is 2. The minimum Gasteiger partial charge on any atom is -0.379 e. The van der Waals surface area contributed by atoms with Crippen LogP contribution < -0.4 is 5.32 Å². The summed E-state index contributed by atoms with van der Waals surface area (Å²) in [6, 6.07) is 16.7. The Morgan fingerprint density at radius 1 is 1.03 bits per heavy atom. The topological polar surface area (TPSA) is 71.5 Å². The zero-order chi connectivity index (χ0) is 22.3. The highest BCUT2D eigenvalue weighted by Crippen LogP contribution is 2.32. The van der Waals surface area contributed by atoms with Gasteiger partial charge in [0.1, 0.15) is 0 Å². The lowest BCUT2D eigenvalue weighted by molar-refractivity contribution is -0.116. The molecule has 3 aromatic rings. The average molecular weight is 470 g/mol. The summed E-state index contributed by atoms with van der Waals surface area (Å²) in [5.74, 6) is -0.312. The number of carbonyl (C=O) groups is 2. The molecule has 1 aliphatic heterocycles. The smallest absolute Gasteiger partial charge is 0.226 e. The third kappa shape index (κ3) is 6.01. The van der Waals surface area contributed by atoms with E-state index in [2.05, 4.69) is 10.2 Å². The van der Waals surface area contributed by atoms with Gasteiger partial charge in [-0.15, -0.1) is 0 Å². The zero-order valence-electron chi connectivity index (χ0n) is 17.6. The molecule has 0 unspecified atom stereocenters. The molecule has 2 heterocycles. The van der Waals surface area contributed by atoms with Crippen molar-refractivity contribution in [2.45, 2.75) is 19.4 Å². The van der Waals surface area contributed by atoms with E-state index in [0.29, 0.717) is 15.7 Å². The number of ketones is 1. The molecule has 8 heteroatoms. The summed E-state index contributed by atoms with van der Waals surface area (Å²) >= 11 is 7.35. The number of nitrogens with one attached hydrogen (secondary N) is 1. The molecule has 1 N–H and O–H groups in total. The predicted molar refractivity (Wildman–Crippen MR) is 127 cm³/mol. The number of hydrogen-bond donors (Lipinski definition) is 1. The molecular formula is C24H24ClN3O3S. The molecule has 0 atom stereocenters. The largest absolute Gasteiger partial charge is 0.379 e. The first-order chi connectivity index (χ1) is 15.6. The molecule has 1 fully saturated rings. The maximum Gasteiger partial charge on any atom is 0.226 e. The van der Waals surface area contributed by atoms with Crippen LogP contribution in [0.2, 0.25) is 5.02 Å². The van der Waals surface area contributed by atoms with Crippen molar-refractivity contribution in [1.29, 1.82) is 0 Å². The molecule has 2 aromatic carbocycles. The Balaban J connectivity index is 1.42. The van der Waals surface area contributed by atoms with E-state index in [1.165, 1.54) is 11.3 Å². The van der Waals surface area contributed by atoms with Crippen LogP contribution in [0.3, 0.4) is 0 Å². The molecule has 0 bridgehead atoms. The highest BCUT2D eigenvalue weighted by Gasteiger charge is 2.19. The number of aromatic nitrogens is 1. The molecule has 0 radical (unpaired) electrons. The molecule has 1 saturated heterocycles. The summed E-state index contributed by atoms with van der Waals surface area (Å²) in [5.41, 5.74) is 2.45. The van der Waals surface area contributed by atoms with Gasteiger partial charge in [-0.2, -0.15) is 0 Å².